The summed E-state index contributed by atoms with van der Waals surface area (Å²) in [4.78, 5) is 13.4. The van der Waals surface area contributed by atoms with Gasteiger partial charge in [0.15, 0.2) is 0 Å². The maximum Gasteiger partial charge on any atom is 0.348 e. The van der Waals surface area contributed by atoms with Gasteiger partial charge in [-0.25, -0.2) is 4.79 Å². The molecule has 0 saturated carbocycles. The minimum atomic E-state index is -1.09. The van der Waals surface area contributed by atoms with Crippen LogP contribution in [0.3, 0.4) is 0 Å². The molecule has 1 rings (SSSR count). The molecule has 0 spiro atoms. The van der Waals surface area contributed by atoms with Crippen LogP contribution in [-0.4, -0.2) is 20.7 Å². The first kappa shape index (κ1) is 12.5. The van der Waals surface area contributed by atoms with Gasteiger partial charge in [-0.15, -0.1) is 11.3 Å². The number of rotatable bonds is 4. The second-order valence-electron chi connectivity index (χ2n) is 4.86. The number of thiophene rings is 1. The van der Waals surface area contributed by atoms with Crippen molar-refractivity contribution in [3.05, 3.63) is 21.9 Å². The molecule has 0 saturated heterocycles. The standard InChI is InChI=1S/C11H18O2SSi/c1-9-5-6-10(14-9)11(12)13-7-8-15(2,3)4/h5-6H,7-8H2,1-4H3. The van der Waals surface area contributed by atoms with E-state index in [2.05, 4.69) is 19.6 Å². The zero-order valence-corrected chi connectivity index (χ0v) is 11.6. The van der Waals surface area contributed by atoms with Crippen LogP contribution in [0.15, 0.2) is 12.1 Å². The van der Waals surface area contributed by atoms with Crippen molar-refractivity contribution in [1.29, 1.82) is 0 Å². The van der Waals surface area contributed by atoms with Crippen molar-refractivity contribution in [2.75, 3.05) is 6.61 Å². The summed E-state index contributed by atoms with van der Waals surface area (Å²) in [5.74, 6) is -0.175. The Morgan fingerprint density at radius 3 is 2.53 bits per heavy atom. The van der Waals surface area contributed by atoms with Crippen LogP contribution in [0.25, 0.3) is 0 Å². The van der Waals surface area contributed by atoms with Gasteiger partial charge in [-0.2, -0.15) is 0 Å². The largest absolute Gasteiger partial charge is 0.462 e. The third-order valence-corrected chi connectivity index (χ3v) is 4.71. The van der Waals surface area contributed by atoms with Gasteiger partial charge in [-0.3, -0.25) is 0 Å². The van der Waals surface area contributed by atoms with Gasteiger partial charge >= 0.3 is 5.97 Å². The molecule has 1 heterocycles. The second-order valence-corrected chi connectivity index (χ2v) is 11.8. The fourth-order valence-corrected chi connectivity index (χ4v) is 2.54. The van der Waals surface area contributed by atoms with Crippen LogP contribution in [0, 0.1) is 6.92 Å². The molecule has 0 atom stereocenters. The zero-order chi connectivity index (χ0) is 11.5. The molecular weight excluding hydrogens is 224 g/mol. The monoisotopic (exact) mass is 242 g/mol. The molecule has 0 aliphatic rings. The Morgan fingerprint density at radius 1 is 1.40 bits per heavy atom. The van der Waals surface area contributed by atoms with Gasteiger partial charge in [0, 0.05) is 13.0 Å². The summed E-state index contributed by atoms with van der Waals surface area (Å²) >= 11 is 1.49. The lowest BCUT2D eigenvalue weighted by atomic mass is 10.4. The number of carbonyl (C=O) groups is 1. The normalized spacial score (nSPS) is 11.5. The predicted octanol–water partition coefficient (Wildman–Crippen LogP) is 3.55. The smallest absolute Gasteiger partial charge is 0.348 e. The van der Waals surface area contributed by atoms with Crippen LogP contribution >= 0.6 is 11.3 Å². The van der Waals surface area contributed by atoms with Crippen molar-refractivity contribution < 1.29 is 9.53 Å². The highest BCUT2D eigenvalue weighted by Gasteiger charge is 2.15. The Labute approximate surface area is 96.3 Å². The molecule has 4 heteroatoms. The van der Waals surface area contributed by atoms with Crippen molar-refractivity contribution in [3.63, 3.8) is 0 Å². The van der Waals surface area contributed by atoms with Crippen LogP contribution in [0.1, 0.15) is 14.5 Å². The predicted molar refractivity (Wildman–Crippen MR) is 67.5 cm³/mol. The molecule has 0 N–H and O–H groups in total. The summed E-state index contributed by atoms with van der Waals surface area (Å²) in [6.45, 7) is 9.37. The van der Waals surface area contributed by atoms with Gasteiger partial charge < -0.3 is 4.74 Å². The van der Waals surface area contributed by atoms with E-state index in [1.807, 2.05) is 19.1 Å². The van der Waals surface area contributed by atoms with Crippen LogP contribution in [0.5, 0.6) is 0 Å². The first-order valence-electron chi connectivity index (χ1n) is 5.12. The average molecular weight is 242 g/mol. The van der Waals surface area contributed by atoms with E-state index in [-0.39, 0.29) is 5.97 Å². The number of hydrogen-bond donors (Lipinski definition) is 0. The summed E-state index contributed by atoms with van der Waals surface area (Å²) in [6.07, 6.45) is 0. The lowest BCUT2D eigenvalue weighted by Crippen LogP contribution is -2.22. The van der Waals surface area contributed by atoms with Crippen molar-refractivity contribution in [3.8, 4) is 0 Å². The van der Waals surface area contributed by atoms with E-state index < -0.39 is 8.07 Å². The fraction of sp³-hybridized carbons (Fsp3) is 0.545. The number of esters is 1. The Kier molecular flexibility index (Phi) is 4.10. The zero-order valence-electron chi connectivity index (χ0n) is 9.79. The summed E-state index contributed by atoms with van der Waals surface area (Å²) < 4.78 is 5.22. The molecule has 0 amide bonds. The van der Waals surface area contributed by atoms with Crippen LogP contribution in [0.4, 0.5) is 0 Å². The molecule has 1 aromatic rings. The molecule has 0 fully saturated rings. The van der Waals surface area contributed by atoms with Crippen molar-refractivity contribution in [2.45, 2.75) is 32.6 Å². The van der Waals surface area contributed by atoms with Crippen LogP contribution in [-0.2, 0) is 4.74 Å². The second kappa shape index (κ2) is 4.94. The number of hydrogen-bond acceptors (Lipinski definition) is 3. The van der Waals surface area contributed by atoms with Crippen LogP contribution in [0.2, 0.25) is 25.7 Å². The van der Waals surface area contributed by atoms with Gasteiger partial charge in [0.25, 0.3) is 0 Å². The Hall–Kier alpha value is -0.613. The molecule has 15 heavy (non-hydrogen) atoms. The SMILES string of the molecule is Cc1ccc(C(=O)OCC[Si](C)(C)C)s1. The summed E-state index contributed by atoms with van der Waals surface area (Å²) in [7, 11) is -1.09. The molecule has 2 nitrogen and oxygen atoms in total. The highest BCUT2D eigenvalue weighted by Crippen LogP contribution is 2.16. The van der Waals surface area contributed by atoms with E-state index in [1.54, 1.807) is 0 Å². The van der Waals surface area contributed by atoms with Crippen molar-refractivity contribution in [2.24, 2.45) is 0 Å². The first-order chi connectivity index (χ1) is 6.88. The van der Waals surface area contributed by atoms with Gasteiger partial charge in [0.1, 0.15) is 4.88 Å². The Balaban J connectivity index is 2.37. The highest BCUT2D eigenvalue weighted by molar-refractivity contribution is 7.13. The summed E-state index contributed by atoms with van der Waals surface area (Å²) in [5, 5.41) is 0. The molecule has 0 aromatic carbocycles. The van der Waals surface area contributed by atoms with E-state index in [1.165, 1.54) is 11.3 Å². The molecule has 0 bridgehead atoms. The van der Waals surface area contributed by atoms with Gasteiger partial charge in [0.2, 0.25) is 0 Å². The van der Waals surface area contributed by atoms with E-state index in [0.717, 1.165) is 10.9 Å². The quantitative estimate of drug-likeness (QED) is 0.596. The van der Waals surface area contributed by atoms with Gasteiger partial charge in [-0.1, -0.05) is 19.6 Å². The minimum Gasteiger partial charge on any atom is -0.462 e. The minimum absolute atomic E-state index is 0.175. The molecule has 1 aromatic heterocycles. The van der Waals surface area contributed by atoms with E-state index >= 15 is 0 Å². The Bertz CT molecular complexity index is 339. The molecular formula is C11H18O2SSi. The Morgan fingerprint density at radius 2 is 2.07 bits per heavy atom. The van der Waals surface area contributed by atoms with Gasteiger partial charge in [0.05, 0.1) is 6.61 Å². The first-order valence-corrected chi connectivity index (χ1v) is 9.64. The van der Waals surface area contributed by atoms with E-state index in [9.17, 15) is 4.79 Å². The average Bonchev–Trinajstić information content (AvgIpc) is 2.49. The van der Waals surface area contributed by atoms with Crippen molar-refractivity contribution in [1.82, 2.24) is 0 Å². The number of carbonyl (C=O) groups excluding carboxylic acids is 1. The number of ether oxygens (including phenoxy) is 1. The molecule has 0 aliphatic carbocycles. The van der Waals surface area contributed by atoms with E-state index in [4.69, 9.17) is 4.74 Å². The number of aryl methyl sites for hydroxylation is 1. The maximum absolute atomic E-state index is 11.5. The third kappa shape index (κ3) is 4.62. The molecule has 0 aliphatic heterocycles. The topological polar surface area (TPSA) is 26.3 Å². The third-order valence-electron chi connectivity index (χ3n) is 2.03. The van der Waals surface area contributed by atoms with Gasteiger partial charge in [-0.05, 0) is 25.1 Å². The molecule has 0 unspecified atom stereocenters. The van der Waals surface area contributed by atoms with E-state index in [0.29, 0.717) is 11.5 Å². The summed E-state index contributed by atoms with van der Waals surface area (Å²) in [6, 6.07) is 4.81. The highest BCUT2D eigenvalue weighted by atomic mass is 32.1. The molecule has 84 valence electrons. The lowest BCUT2D eigenvalue weighted by molar-refractivity contribution is 0.0531. The lowest BCUT2D eigenvalue weighted by Gasteiger charge is -2.14. The maximum atomic E-state index is 11.5. The summed E-state index contributed by atoms with van der Waals surface area (Å²) in [5.41, 5.74) is 0. The molecule has 0 radical (unpaired) electrons. The van der Waals surface area contributed by atoms with Crippen molar-refractivity contribution >= 4 is 25.4 Å². The fourth-order valence-electron chi connectivity index (χ4n) is 1.07. The van der Waals surface area contributed by atoms with Crippen LogP contribution < -0.4 is 0 Å².